The fourth-order valence-corrected chi connectivity index (χ4v) is 3.26. The van der Waals surface area contributed by atoms with E-state index in [4.69, 9.17) is 9.47 Å². The van der Waals surface area contributed by atoms with Gasteiger partial charge in [0.05, 0.1) is 13.0 Å². The minimum Gasteiger partial charge on any atom is -0.494 e. The van der Waals surface area contributed by atoms with Crippen LogP contribution in [0.5, 0.6) is 11.5 Å². The molecule has 0 aliphatic carbocycles. The lowest BCUT2D eigenvalue weighted by atomic mass is 10.0. The second kappa shape index (κ2) is 7.81. The SMILES string of the molecule is CCOc1cc2c(cc1CNC(=O)Cc1ccc(C)c(C)c1)O[C@H](C)C2. The van der Waals surface area contributed by atoms with Gasteiger partial charge in [0.1, 0.15) is 17.6 Å². The molecule has 1 aliphatic heterocycles. The van der Waals surface area contributed by atoms with Gasteiger partial charge in [-0.3, -0.25) is 4.79 Å². The van der Waals surface area contributed by atoms with Crippen LogP contribution in [0.3, 0.4) is 0 Å². The number of fused-ring (bicyclic) bond motifs is 1. The maximum Gasteiger partial charge on any atom is 0.224 e. The lowest BCUT2D eigenvalue weighted by Gasteiger charge is -2.13. The van der Waals surface area contributed by atoms with Crippen LogP contribution in [0.15, 0.2) is 30.3 Å². The van der Waals surface area contributed by atoms with Crippen molar-refractivity contribution in [2.24, 2.45) is 0 Å². The Labute approximate surface area is 155 Å². The Morgan fingerprint density at radius 1 is 1.23 bits per heavy atom. The van der Waals surface area contributed by atoms with Gasteiger partial charge in [0.2, 0.25) is 5.91 Å². The Kier molecular flexibility index (Phi) is 5.50. The highest BCUT2D eigenvalue weighted by Gasteiger charge is 2.22. The molecule has 0 unspecified atom stereocenters. The third-order valence-electron chi connectivity index (χ3n) is 4.79. The zero-order valence-corrected chi connectivity index (χ0v) is 16.0. The van der Waals surface area contributed by atoms with Crippen LogP contribution in [0.2, 0.25) is 0 Å². The maximum atomic E-state index is 12.4. The number of hydrogen-bond acceptors (Lipinski definition) is 3. The van der Waals surface area contributed by atoms with Crippen LogP contribution in [-0.4, -0.2) is 18.6 Å². The molecular weight excluding hydrogens is 326 g/mol. The second-order valence-electron chi connectivity index (χ2n) is 7.01. The molecule has 0 saturated carbocycles. The Morgan fingerprint density at radius 2 is 2.04 bits per heavy atom. The average Bonchev–Trinajstić information content (AvgIpc) is 2.95. The summed E-state index contributed by atoms with van der Waals surface area (Å²) in [5, 5.41) is 3.01. The molecule has 0 fully saturated rings. The molecule has 1 N–H and O–H groups in total. The summed E-state index contributed by atoms with van der Waals surface area (Å²) in [7, 11) is 0. The number of ether oxygens (including phenoxy) is 2. The van der Waals surface area contributed by atoms with Crippen molar-refractivity contribution in [1.29, 1.82) is 0 Å². The topological polar surface area (TPSA) is 47.6 Å². The summed E-state index contributed by atoms with van der Waals surface area (Å²) in [4.78, 5) is 12.4. The summed E-state index contributed by atoms with van der Waals surface area (Å²) >= 11 is 0. The molecule has 0 aromatic heterocycles. The predicted molar refractivity (Wildman–Crippen MR) is 103 cm³/mol. The van der Waals surface area contributed by atoms with Crippen molar-refractivity contribution in [3.8, 4) is 11.5 Å². The molecule has 1 heterocycles. The summed E-state index contributed by atoms with van der Waals surface area (Å²) in [6.45, 7) is 9.20. The first-order chi connectivity index (χ1) is 12.5. The zero-order chi connectivity index (χ0) is 18.7. The molecule has 1 atom stereocenters. The monoisotopic (exact) mass is 353 g/mol. The lowest BCUT2D eigenvalue weighted by Crippen LogP contribution is -2.25. The predicted octanol–water partition coefficient (Wildman–Crippen LogP) is 3.88. The Morgan fingerprint density at radius 3 is 2.77 bits per heavy atom. The normalized spacial score (nSPS) is 15.3. The number of aryl methyl sites for hydroxylation is 2. The minimum atomic E-state index is 0.00508. The summed E-state index contributed by atoms with van der Waals surface area (Å²) in [5.74, 6) is 1.74. The molecule has 1 amide bonds. The van der Waals surface area contributed by atoms with Gasteiger partial charge in [-0.2, -0.15) is 0 Å². The highest BCUT2D eigenvalue weighted by atomic mass is 16.5. The van der Waals surface area contributed by atoms with E-state index in [2.05, 4.69) is 38.2 Å². The number of carbonyl (C=O) groups is 1. The number of carbonyl (C=O) groups excluding carboxylic acids is 1. The van der Waals surface area contributed by atoms with Crippen LogP contribution in [0.25, 0.3) is 0 Å². The highest BCUT2D eigenvalue weighted by Crippen LogP contribution is 2.35. The van der Waals surface area contributed by atoms with Gasteiger partial charge in [0, 0.05) is 24.1 Å². The van der Waals surface area contributed by atoms with Crippen LogP contribution in [0.1, 0.15) is 41.7 Å². The fraction of sp³-hybridized carbons (Fsp3) is 0.409. The van der Waals surface area contributed by atoms with Gasteiger partial charge in [-0.1, -0.05) is 18.2 Å². The Hall–Kier alpha value is -2.49. The van der Waals surface area contributed by atoms with Crippen LogP contribution in [0, 0.1) is 13.8 Å². The van der Waals surface area contributed by atoms with Gasteiger partial charge >= 0.3 is 0 Å². The van der Waals surface area contributed by atoms with Crippen molar-refractivity contribution in [2.45, 2.75) is 53.2 Å². The van der Waals surface area contributed by atoms with Crippen molar-refractivity contribution >= 4 is 5.91 Å². The van der Waals surface area contributed by atoms with E-state index in [1.807, 2.05) is 25.1 Å². The number of nitrogens with one attached hydrogen (secondary N) is 1. The standard InChI is InChI=1S/C22H27NO3/c1-5-25-20-11-18-9-16(4)26-21(18)12-19(20)13-23-22(24)10-17-7-6-14(2)15(3)8-17/h6-8,11-12,16H,5,9-10,13H2,1-4H3,(H,23,24)/t16-/m1/s1. The molecule has 3 rings (SSSR count). The van der Waals surface area contributed by atoms with Crippen molar-refractivity contribution in [1.82, 2.24) is 5.32 Å². The van der Waals surface area contributed by atoms with E-state index in [9.17, 15) is 4.79 Å². The summed E-state index contributed by atoms with van der Waals surface area (Å²) in [6.07, 6.45) is 1.47. The molecule has 26 heavy (non-hydrogen) atoms. The van der Waals surface area contributed by atoms with Crippen molar-refractivity contribution in [3.05, 3.63) is 58.1 Å². The molecule has 2 aromatic carbocycles. The van der Waals surface area contributed by atoms with Crippen molar-refractivity contribution < 1.29 is 14.3 Å². The van der Waals surface area contributed by atoms with Crippen LogP contribution >= 0.6 is 0 Å². The molecule has 4 heteroatoms. The van der Waals surface area contributed by atoms with Gasteiger partial charge in [-0.25, -0.2) is 0 Å². The molecule has 2 aromatic rings. The molecule has 4 nitrogen and oxygen atoms in total. The number of amides is 1. The van der Waals surface area contributed by atoms with Gasteiger partial charge in [-0.15, -0.1) is 0 Å². The van der Waals surface area contributed by atoms with Gasteiger partial charge < -0.3 is 14.8 Å². The van der Waals surface area contributed by atoms with Gasteiger partial charge in [0.25, 0.3) is 0 Å². The van der Waals surface area contributed by atoms with E-state index < -0.39 is 0 Å². The quantitative estimate of drug-likeness (QED) is 0.857. The number of hydrogen-bond donors (Lipinski definition) is 1. The molecule has 1 aliphatic rings. The zero-order valence-electron chi connectivity index (χ0n) is 16.0. The molecular formula is C22H27NO3. The first kappa shape index (κ1) is 18.3. The number of benzene rings is 2. The average molecular weight is 353 g/mol. The third-order valence-corrected chi connectivity index (χ3v) is 4.79. The molecule has 0 bridgehead atoms. The first-order valence-electron chi connectivity index (χ1n) is 9.24. The van der Waals surface area contributed by atoms with E-state index in [1.54, 1.807) is 0 Å². The summed E-state index contributed by atoms with van der Waals surface area (Å²) in [5.41, 5.74) is 5.60. The molecule has 0 radical (unpaired) electrons. The van der Waals surface area contributed by atoms with Gasteiger partial charge in [-0.05, 0) is 56.5 Å². The lowest BCUT2D eigenvalue weighted by molar-refractivity contribution is -0.120. The van der Waals surface area contributed by atoms with Crippen LogP contribution in [0.4, 0.5) is 0 Å². The van der Waals surface area contributed by atoms with Crippen molar-refractivity contribution in [2.75, 3.05) is 6.61 Å². The smallest absolute Gasteiger partial charge is 0.224 e. The van der Waals surface area contributed by atoms with Gasteiger partial charge in [0.15, 0.2) is 0 Å². The molecule has 0 spiro atoms. The molecule has 138 valence electrons. The van der Waals surface area contributed by atoms with E-state index in [0.29, 0.717) is 19.6 Å². The number of rotatable bonds is 6. The highest BCUT2D eigenvalue weighted by molar-refractivity contribution is 5.78. The van der Waals surface area contributed by atoms with E-state index in [1.165, 1.54) is 16.7 Å². The minimum absolute atomic E-state index is 0.00508. The van der Waals surface area contributed by atoms with Crippen LogP contribution in [-0.2, 0) is 24.2 Å². The second-order valence-corrected chi connectivity index (χ2v) is 7.01. The largest absolute Gasteiger partial charge is 0.494 e. The third kappa shape index (κ3) is 4.18. The first-order valence-corrected chi connectivity index (χ1v) is 9.24. The van der Waals surface area contributed by atoms with Crippen LogP contribution < -0.4 is 14.8 Å². The van der Waals surface area contributed by atoms with E-state index >= 15 is 0 Å². The Balaban J connectivity index is 1.67. The Bertz CT molecular complexity index is 813. The maximum absolute atomic E-state index is 12.4. The van der Waals surface area contributed by atoms with E-state index in [-0.39, 0.29) is 12.0 Å². The summed E-state index contributed by atoms with van der Waals surface area (Å²) < 4.78 is 11.6. The fourth-order valence-electron chi connectivity index (χ4n) is 3.26. The molecule has 0 saturated heterocycles. The van der Waals surface area contributed by atoms with Crippen molar-refractivity contribution in [3.63, 3.8) is 0 Å². The summed E-state index contributed by atoms with van der Waals surface area (Å²) in [6, 6.07) is 10.2. The van der Waals surface area contributed by atoms with E-state index in [0.717, 1.165) is 29.0 Å².